The molecular formula is C15H20IN3O2. The van der Waals surface area contributed by atoms with Crippen molar-refractivity contribution < 1.29 is 9.59 Å². The van der Waals surface area contributed by atoms with Gasteiger partial charge in [0.1, 0.15) is 0 Å². The third kappa shape index (κ3) is 4.16. The summed E-state index contributed by atoms with van der Waals surface area (Å²) in [7, 11) is 0. The van der Waals surface area contributed by atoms with Gasteiger partial charge in [-0.3, -0.25) is 9.59 Å². The number of nitrogens with two attached hydrogens (primary N) is 1. The lowest BCUT2D eigenvalue weighted by Gasteiger charge is -2.32. The number of amides is 2. The molecule has 1 aliphatic heterocycles. The highest BCUT2D eigenvalue weighted by molar-refractivity contribution is 14.1. The number of benzene rings is 1. The second kappa shape index (κ2) is 7.74. The Bertz CT molecular complexity index is 521. The predicted molar refractivity (Wildman–Crippen MR) is 89.9 cm³/mol. The van der Waals surface area contributed by atoms with Gasteiger partial charge in [-0.2, -0.15) is 0 Å². The van der Waals surface area contributed by atoms with Gasteiger partial charge in [0.2, 0.25) is 5.91 Å². The van der Waals surface area contributed by atoms with E-state index in [1.54, 1.807) is 4.90 Å². The van der Waals surface area contributed by atoms with Crippen molar-refractivity contribution in [1.29, 1.82) is 0 Å². The minimum Gasteiger partial charge on any atom is -0.355 e. The number of piperidine rings is 1. The molecule has 0 bridgehead atoms. The summed E-state index contributed by atoms with van der Waals surface area (Å²) in [4.78, 5) is 26.4. The van der Waals surface area contributed by atoms with Crippen molar-refractivity contribution >= 4 is 34.4 Å². The first kappa shape index (κ1) is 16.2. The number of nitrogens with zero attached hydrogens (tertiary/aromatic N) is 1. The first-order valence-electron chi connectivity index (χ1n) is 7.15. The lowest BCUT2D eigenvalue weighted by Crippen LogP contribution is -2.46. The molecule has 3 N–H and O–H groups in total. The van der Waals surface area contributed by atoms with E-state index in [1.807, 2.05) is 24.3 Å². The van der Waals surface area contributed by atoms with E-state index in [0.717, 1.165) is 16.4 Å². The van der Waals surface area contributed by atoms with Crippen LogP contribution in [0, 0.1) is 9.49 Å². The van der Waals surface area contributed by atoms with Crippen molar-refractivity contribution in [3.05, 3.63) is 33.4 Å². The lowest BCUT2D eigenvalue weighted by atomic mass is 9.96. The molecule has 1 fully saturated rings. The number of nitrogens with one attached hydrogen (secondary N) is 1. The highest BCUT2D eigenvalue weighted by atomic mass is 127. The van der Waals surface area contributed by atoms with Crippen LogP contribution >= 0.6 is 22.6 Å². The van der Waals surface area contributed by atoms with Gasteiger partial charge in [-0.1, -0.05) is 12.1 Å². The van der Waals surface area contributed by atoms with Crippen LogP contribution in [0.4, 0.5) is 0 Å². The summed E-state index contributed by atoms with van der Waals surface area (Å²) in [6.07, 6.45) is 1.68. The van der Waals surface area contributed by atoms with E-state index < -0.39 is 0 Å². The van der Waals surface area contributed by atoms with E-state index in [9.17, 15) is 9.59 Å². The minimum atomic E-state index is -0.129. The van der Waals surface area contributed by atoms with E-state index in [2.05, 4.69) is 27.9 Å². The molecule has 1 atom stereocenters. The van der Waals surface area contributed by atoms with Gasteiger partial charge >= 0.3 is 0 Å². The van der Waals surface area contributed by atoms with E-state index in [4.69, 9.17) is 5.73 Å². The van der Waals surface area contributed by atoms with Crippen molar-refractivity contribution in [3.63, 3.8) is 0 Å². The zero-order chi connectivity index (χ0) is 15.2. The monoisotopic (exact) mass is 401 g/mol. The standard InChI is InChI=1S/C15H20IN3O2/c16-13-6-2-1-5-12(13)15(21)19-9-3-4-11(10-19)14(20)18-8-7-17/h1-2,5-6,11H,3-4,7-10,17H2,(H,18,20). The third-order valence-corrected chi connectivity index (χ3v) is 4.57. The molecule has 1 aromatic carbocycles. The van der Waals surface area contributed by atoms with Crippen molar-refractivity contribution in [3.8, 4) is 0 Å². The third-order valence-electron chi connectivity index (χ3n) is 3.63. The lowest BCUT2D eigenvalue weighted by molar-refractivity contribution is -0.126. The maximum atomic E-state index is 12.6. The van der Waals surface area contributed by atoms with Crippen molar-refractivity contribution in [1.82, 2.24) is 10.2 Å². The van der Waals surface area contributed by atoms with Gasteiger partial charge in [-0.25, -0.2) is 0 Å². The Morgan fingerprint density at radius 3 is 2.86 bits per heavy atom. The summed E-state index contributed by atoms with van der Waals surface area (Å²) in [5.41, 5.74) is 6.10. The smallest absolute Gasteiger partial charge is 0.254 e. The van der Waals surface area contributed by atoms with Gasteiger partial charge < -0.3 is 16.0 Å². The average molecular weight is 401 g/mol. The largest absolute Gasteiger partial charge is 0.355 e. The summed E-state index contributed by atoms with van der Waals surface area (Å²) in [6, 6.07) is 7.54. The second-order valence-corrected chi connectivity index (χ2v) is 6.31. The predicted octanol–water partition coefficient (Wildman–Crippen LogP) is 1.22. The van der Waals surface area contributed by atoms with Crippen molar-refractivity contribution in [2.24, 2.45) is 11.7 Å². The van der Waals surface area contributed by atoms with Gasteiger partial charge in [0, 0.05) is 29.7 Å². The molecular weight excluding hydrogens is 381 g/mol. The minimum absolute atomic E-state index is 0.000656. The Morgan fingerprint density at radius 1 is 1.38 bits per heavy atom. The maximum Gasteiger partial charge on any atom is 0.254 e. The highest BCUT2D eigenvalue weighted by Crippen LogP contribution is 2.21. The van der Waals surface area contributed by atoms with E-state index in [0.29, 0.717) is 31.7 Å². The molecule has 21 heavy (non-hydrogen) atoms. The summed E-state index contributed by atoms with van der Waals surface area (Å²) >= 11 is 2.17. The Kier molecular flexibility index (Phi) is 5.98. The van der Waals surface area contributed by atoms with Crippen LogP contribution in [0.25, 0.3) is 0 Å². The highest BCUT2D eigenvalue weighted by Gasteiger charge is 2.29. The van der Waals surface area contributed by atoms with E-state index in [-0.39, 0.29) is 17.7 Å². The Morgan fingerprint density at radius 2 is 2.14 bits per heavy atom. The van der Waals surface area contributed by atoms with Crippen LogP contribution in [0.5, 0.6) is 0 Å². The summed E-state index contributed by atoms with van der Waals surface area (Å²) in [5, 5.41) is 2.81. The van der Waals surface area contributed by atoms with Gasteiger partial charge in [0.05, 0.1) is 11.5 Å². The van der Waals surface area contributed by atoms with Gasteiger partial charge in [0.15, 0.2) is 0 Å². The summed E-state index contributed by atoms with van der Waals surface area (Å²) < 4.78 is 0.940. The molecule has 5 nitrogen and oxygen atoms in total. The molecule has 0 aliphatic carbocycles. The molecule has 1 unspecified atom stereocenters. The Balaban J connectivity index is 2.02. The van der Waals surface area contributed by atoms with Crippen LogP contribution in [-0.2, 0) is 4.79 Å². The number of hydrogen-bond acceptors (Lipinski definition) is 3. The zero-order valence-corrected chi connectivity index (χ0v) is 14.0. The van der Waals surface area contributed by atoms with Crippen molar-refractivity contribution in [2.75, 3.05) is 26.2 Å². The first-order valence-corrected chi connectivity index (χ1v) is 8.23. The number of carbonyl (C=O) groups excluding carboxylic acids is 2. The van der Waals surface area contributed by atoms with E-state index in [1.165, 1.54) is 0 Å². The topological polar surface area (TPSA) is 75.4 Å². The number of likely N-dealkylation sites (tertiary alicyclic amines) is 1. The molecule has 6 heteroatoms. The van der Waals surface area contributed by atoms with Crippen LogP contribution in [0.15, 0.2) is 24.3 Å². The van der Waals surface area contributed by atoms with Crippen LogP contribution in [0.2, 0.25) is 0 Å². The fourth-order valence-electron chi connectivity index (χ4n) is 2.52. The Hall–Kier alpha value is -1.15. The van der Waals surface area contributed by atoms with Gasteiger partial charge in [0.25, 0.3) is 5.91 Å². The van der Waals surface area contributed by atoms with Gasteiger partial charge in [-0.05, 0) is 47.6 Å². The molecule has 1 aromatic rings. The van der Waals surface area contributed by atoms with Crippen LogP contribution in [0.3, 0.4) is 0 Å². The van der Waals surface area contributed by atoms with Crippen molar-refractivity contribution in [2.45, 2.75) is 12.8 Å². The fraction of sp³-hybridized carbons (Fsp3) is 0.467. The molecule has 0 saturated carbocycles. The molecule has 1 saturated heterocycles. The molecule has 1 heterocycles. The van der Waals surface area contributed by atoms with Crippen LogP contribution in [-0.4, -0.2) is 42.9 Å². The van der Waals surface area contributed by atoms with Crippen LogP contribution in [0.1, 0.15) is 23.2 Å². The molecule has 2 amide bonds. The molecule has 1 aliphatic rings. The molecule has 0 radical (unpaired) electrons. The fourth-order valence-corrected chi connectivity index (χ4v) is 3.14. The quantitative estimate of drug-likeness (QED) is 0.746. The molecule has 114 valence electrons. The number of rotatable bonds is 4. The number of hydrogen-bond donors (Lipinski definition) is 2. The maximum absolute atomic E-state index is 12.6. The summed E-state index contributed by atoms with van der Waals surface area (Å²) in [6.45, 7) is 2.12. The Labute approximate surface area is 138 Å². The average Bonchev–Trinajstić information content (AvgIpc) is 2.52. The SMILES string of the molecule is NCCNC(=O)C1CCCN(C(=O)c2ccccc2I)C1. The normalized spacial score (nSPS) is 18.4. The second-order valence-electron chi connectivity index (χ2n) is 5.15. The van der Waals surface area contributed by atoms with Crippen LogP contribution < -0.4 is 11.1 Å². The number of halogens is 1. The molecule has 2 rings (SSSR count). The molecule has 0 spiro atoms. The van der Waals surface area contributed by atoms with E-state index >= 15 is 0 Å². The first-order chi connectivity index (χ1) is 10.1. The zero-order valence-electron chi connectivity index (χ0n) is 11.8. The summed E-state index contributed by atoms with van der Waals surface area (Å²) in [5.74, 6) is -0.118. The van der Waals surface area contributed by atoms with Gasteiger partial charge in [-0.15, -0.1) is 0 Å². The number of carbonyl (C=O) groups is 2. The molecule has 0 aromatic heterocycles.